The zero-order chi connectivity index (χ0) is 14.2. The molecule has 0 aromatic rings. The molecule has 1 aliphatic heterocycles. The van der Waals surface area contributed by atoms with Gasteiger partial charge in [-0.25, -0.2) is 0 Å². The van der Waals surface area contributed by atoms with E-state index in [0.717, 1.165) is 6.42 Å². The van der Waals surface area contributed by atoms with Crippen LogP contribution in [0.1, 0.15) is 48.0 Å². The number of hydrogen-bond acceptors (Lipinski definition) is 1. The van der Waals surface area contributed by atoms with Crippen molar-refractivity contribution >= 4 is 0 Å². The molecule has 1 aliphatic carbocycles. The quantitative estimate of drug-likeness (QED) is 0.776. The Labute approximate surface area is 118 Å². The highest BCUT2D eigenvalue weighted by Crippen LogP contribution is 2.43. The Kier molecular flexibility index (Phi) is 3.94. The number of rotatable bonds is 3. The number of nitrogens with one attached hydrogen (secondary N) is 1. The summed E-state index contributed by atoms with van der Waals surface area (Å²) < 4.78 is 0. The van der Waals surface area contributed by atoms with E-state index in [-0.39, 0.29) is 0 Å². The lowest BCUT2D eigenvalue weighted by atomic mass is 9.69. The minimum Gasteiger partial charge on any atom is -0.381 e. The Morgan fingerprint density at radius 2 is 1.79 bits per heavy atom. The van der Waals surface area contributed by atoms with Crippen LogP contribution in [0.5, 0.6) is 0 Å². The van der Waals surface area contributed by atoms with Gasteiger partial charge in [0.25, 0.3) is 0 Å². The van der Waals surface area contributed by atoms with Crippen molar-refractivity contribution in [1.29, 1.82) is 0 Å². The Bertz CT molecular complexity index is 419. The third-order valence-electron chi connectivity index (χ3n) is 5.14. The molecule has 0 aromatic heterocycles. The van der Waals surface area contributed by atoms with Crippen LogP contribution in [-0.4, -0.2) is 6.04 Å². The van der Waals surface area contributed by atoms with Crippen LogP contribution in [0.15, 0.2) is 35.6 Å². The summed E-state index contributed by atoms with van der Waals surface area (Å²) in [5, 5.41) is 3.72. The van der Waals surface area contributed by atoms with Crippen molar-refractivity contribution in [2.24, 2.45) is 23.2 Å². The lowest BCUT2D eigenvalue weighted by Gasteiger charge is -2.35. The first-order valence-electron chi connectivity index (χ1n) is 7.70. The SMILES string of the molecule is CCC1=C(C(C)C(C)C(C)(C)C)C2C=CC=CC2N1. The fourth-order valence-electron chi connectivity index (χ4n) is 3.43. The van der Waals surface area contributed by atoms with Crippen molar-refractivity contribution in [3.8, 4) is 0 Å². The van der Waals surface area contributed by atoms with Gasteiger partial charge in [-0.1, -0.05) is 65.8 Å². The molecule has 0 aromatic carbocycles. The lowest BCUT2D eigenvalue weighted by Crippen LogP contribution is -2.30. The second-order valence-corrected chi connectivity index (χ2v) is 7.20. The van der Waals surface area contributed by atoms with Crippen molar-refractivity contribution in [3.63, 3.8) is 0 Å². The summed E-state index contributed by atoms with van der Waals surface area (Å²) in [6, 6.07) is 0.490. The van der Waals surface area contributed by atoms with Gasteiger partial charge in [-0.05, 0) is 29.2 Å². The predicted octanol–water partition coefficient (Wildman–Crippen LogP) is 4.68. The zero-order valence-electron chi connectivity index (χ0n) is 13.3. The number of fused-ring (bicyclic) bond motifs is 1. The molecule has 4 atom stereocenters. The molecule has 4 unspecified atom stereocenters. The Morgan fingerprint density at radius 1 is 1.16 bits per heavy atom. The molecule has 0 spiro atoms. The standard InChI is InChI=1S/C18H29N/c1-7-15-17(12(2)13(3)18(4,5)6)14-10-8-9-11-16(14)19-15/h8-14,16,19H,7H2,1-6H3. The normalized spacial score (nSPS) is 29.2. The molecule has 0 amide bonds. The molecule has 0 bridgehead atoms. The molecule has 1 nitrogen and oxygen atoms in total. The lowest BCUT2D eigenvalue weighted by molar-refractivity contribution is 0.203. The molecule has 1 heteroatoms. The van der Waals surface area contributed by atoms with Gasteiger partial charge in [-0.2, -0.15) is 0 Å². The highest BCUT2D eigenvalue weighted by atomic mass is 15.0. The van der Waals surface area contributed by atoms with Gasteiger partial charge in [0.15, 0.2) is 0 Å². The van der Waals surface area contributed by atoms with Gasteiger partial charge in [-0.3, -0.25) is 0 Å². The Morgan fingerprint density at radius 3 is 2.37 bits per heavy atom. The van der Waals surface area contributed by atoms with E-state index >= 15 is 0 Å². The van der Waals surface area contributed by atoms with E-state index < -0.39 is 0 Å². The van der Waals surface area contributed by atoms with Gasteiger partial charge in [0, 0.05) is 11.6 Å². The van der Waals surface area contributed by atoms with E-state index in [2.05, 4.69) is 71.2 Å². The predicted molar refractivity (Wildman–Crippen MR) is 83.8 cm³/mol. The largest absolute Gasteiger partial charge is 0.381 e. The number of allylic oxidation sites excluding steroid dienone is 3. The summed E-state index contributed by atoms with van der Waals surface area (Å²) in [7, 11) is 0. The smallest absolute Gasteiger partial charge is 0.0545 e. The van der Waals surface area contributed by atoms with Crippen molar-refractivity contribution in [1.82, 2.24) is 5.32 Å². The topological polar surface area (TPSA) is 12.0 Å². The van der Waals surface area contributed by atoms with Gasteiger partial charge in [-0.15, -0.1) is 0 Å². The first kappa shape index (κ1) is 14.4. The summed E-state index contributed by atoms with van der Waals surface area (Å²) in [5.74, 6) is 1.89. The fraction of sp³-hybridized carbons (Fsp3) is 0.667. The molecular formula is C18H29N. The Hall–Kier alpha value is -0.980. The average Bonchev–Trinajstić information content (AvgIpc) is 2.74. The molecular weight excluding hydrogens is 230 g/mol. The summed E-state index contributed by atoms with van der Waals surface area (Å²) in [6.45, 7) is 14.2. The summed E-state index contributed by atoms with van der Waals surface area (Å²) in [6.07, 6.45) is 10.2. The Balaban J connectivity index is 2.30. The summed E-state index contributed by atoms with van der Waals surface area (Å²) in [5.41, 5.74) is 3.49. The van der Waals surface area contributed by atoms with Gasteiger partial charge in [0.2, 0.25) is 0 Å². The van der Waals surface area contributed by atoms with Gasteiger partial charge in [0.1, 0.15) is 0 Å². The summed E-state index contributed by atoms with van der Waals surface area (Å²) >= 11 is 0. The first-order valence-corrected chi connectivity index (χ1v) is 7.70. The van der Waals surface area contributed by atoms with E-state index in [1.165, 1.54) is 5.70 Å². The van der Waals surface area contributed by atoms with E-state index in [0.29, 0.717) is 29.2 Å². The maximum Gasteiger partial charge on any atom is 0.0545 e. The average molecular weight is 259 g/mol. The van der Waals surface area contributed by atoms with Crippen LogP contribution in [0.3, 0.4) is 0 Å². The monoisotopic (exact) mass is 259 g/mol. The van der Waals surface area contributed by atoms with Crippen LogP contribution in [0.2, 0.25) is 0 Å². The van der Waals surface area contributed by atoms with Gasteiger partial charge >= 0.3 is 0 Å². The van der Waals surface area contributed by atoms with Gasteiger partial charge < -0.3 is 5.32 Å². The molecule has 0 fully saturated rings. The van der Waals surface area contributed by atoms with Crippen molar-refractivity contribution in [2.75, 3.05) is 0 Å². The molecule has 1 N–H and O–H groups in total. The minimum atomic E-state index is 0.359. The van der Waals surface area contributed by atoms with Crippen molar-refractivity contribution < 1.29 is 0 Å². The van der Waals surface area contributed by atoms with Gasteiger partial charge in [0.05, 0.1) is 6.04 Å². The van der Waals surface area contributed by atoms with Crippen LogP contribution in [0.25, 0.3) is 0 Å². The zero-order valence-corrected chi connectivity index (χ0v) is 13.3. The maximum atomic E-state index is 3.72. The van der Waals surface area contributed by atoms with E-state index in [1.807, 2.05) is 0 Å². The molecule has 2 rings (SSSR count). The molecule has 1 heterocycles. The van der Waals surface area contributed by atoms with Crippen LogP contribution < -0.4 is 5.32 Å². The van der Waals surface area contributed by atoms with Crippen molar-refractivity contribution in [2.45, 2.75) is 54.0 Å². The van der Waals surface area contributed by atoms with E-state index in [4.69, 9.17) is 0 Å². The van der Waals surface area contributed by atoms with Crippen LogP contribution in [0, 0.1) is 23.2 Å². The molecule has 19 heavy (non-hydrogen) atoms. The van der Waals surface area contributed by atoms with E-state index in [1.54, 1.807) is 5.57 Å². The molecule has 106 valence electrons. The highest BCUT2D eigenvalue weighted by molar-refractivity contribution is 5.37. The van der Waals surface area contributed by atoms with Crippen molar-refractivity contribution in [3.05, 3.63) is 35.6 Å². The van der Waals surface area contributed by atoms with E-state index in [9.17, 15) is 0 Å². The summed E-state index contributed by atoms with van der Waals surface area (Å²) in [4.78, 5) is 0. The van der Waals surface area contributed by atoms with Crippen LogP contribution >= 0.6 is 0 Å². The third-order valence-corrected chi connectivity index (χ3v) is 5.14. The number of hydrogen-bond donors (Lipinski definition) is 1. The molecule has 0 radical (unpaired) electrons. The highest BCUT2D eigenvalue weighted by Gasteiger charge is 2.38. The molecule has 2 aliphatic rings. The molecule has 0 saturated carbocycles. The molecule has 0 saturated heterocycles. The maximum absolute atomic E-state index is 3.72. The second-order valence-electron chi connectivity index (χ2n) is 7.20. The first-order chi connectivity index (χ1) is 8.86. The third kappa shape index (κ3) is 2.66. The minimum absolute atomic E-state index is 0.359. The fourth-order valence-corrected chi connectivity index (χ4v) is 3.43. The second kappa shape index (κ2) is 5.19. The van der Waals surface area contributed by atoms with Crippen LogP contribution in [0.4, 0.5) is 0 Å². The van der Waals surface area contributed by atoms with Crippen LogP contribution in [-0.2, 0) is 0 Å².